The second kappa shape index (κ2) is 9.36. The molecule has 7 nitrogen and oxygen atoms in total. The predicted molar refractivity (Wildman–Crippen MR) is 107 cm³/mol. The normalized spacial score (nSPS) is 11.9. The van der Waals surface area contributed by atoms with Crippen molar-refractivity contribution in [2.75, 3.05) is 17.7 Å². The van der Waals surface area contributed by atoms with E-state index in [-0.39, 0.29) is 23.9 Å². The molecule has 0 bridgehead atoms. The van der Waals surface area contributed by atoms with E-state index in [9.17, 15) is 9.59 Å². The van der Waals surface area contributed by atoms with Gasteiger partial charge in [-0.15, -0.1) is 0 Å². The van der Waals surface area contributed by atoms with Crippen LogP contribution in [0.4, 0.5) is 11.5 Å². The summed E-state index contributed by atoms with van der Waals surface area (Å²) >= 11 is 1.16. The summed E-state index contributed by atoms with van der Waals surface area (Å²) in [7, 11) is 0. The molecule has 0 aliphatic heterocycles. The first-order chi connectivity index (χ1) is 12.8. The van der Waals surface area contributed by atoms with Gasteiger partial charge in [0.25, 0.3) is 0 Å². The minimum absolute atomic E-state index is 0.0304. The van der Waals surface area contributed by atoms with E-state index >= 15 is 0 Å². The van der Waals surface area contributed by atoms with Crippen molar-refractivity contribution >= 4 is 35.1 Å². The lowest BCUT2D eigenvalue weighted by molar-refractivity contribution is -0.115. The van der Waals surface area contributed by atoms with Crippen LogP contribution >= 0.6 is 11.8 Å². The topological polar surface area (TPSA) is 107 Å². The SMILES string of the molecule is CCOC(=O)c1cnc(SC(C)C(=O)Nc2ccc(C(C)C)cc2)nc1N. The van der Waals surface area contributed by atoms with Gasteiger partial charge in [-0.3, -0.25) is 4.79 Å². The number of esters is 1. The van der Waals surface area contributed by atoms with Gasteiger partial charge in [-0.25, -0.2) is 14.8 Å². The lowest BCUT2D eigenvalue weighted by Crippen LogP contribution is -2.22. The van der Waals surface area contributed by atoms with Crippen molar-refractivity contribution in [2.45, 2.75) is 44.0 Å². The maximum Gasteiger partial charge on any atom is 0.343 e. The Morgan fingerprint density at radius 2 is 1.89 bits per heavy atom. The Kier molecular flexibility index (Phi) is 7.18. The molecule has 1 amide bonds. The van der Waals surface area contributed by atoms with E-state index in [2.05, 4.69) is 29.1 Å². The van der Waals surface area contributed by atoms with Crippen molar-refractivity contribution in [3.8, 4) is 0 Å². The third kappa shape index (κ3) is 5.68. The molecule has 0 saturated heterocycles. The quantitative estimate of drug-likeness (QED) is 0.425. The number of nitrogen functional groups attached to an aromatic ring is 1. The van der Waals surface area contributed by atoms with E-state index in [4.69, 9.17) is 10.5 Å². The Bertz CT molecular complexity index is 809. The van der Waals surface area contributed by atoms with Crippen LogP contribution in [0.25, 0.3) is 0 Å². The second-order valence-electron chi connectivity index (χ2n) is 6.20. The van der Waals surface area contributed by atoms with Crippen molar-refractivity contribution < 1.29 is 14.3 Å². The standard InChI is InChI=1S/C19H24N4O3S/c1-5-26-18(25)15-10-21-19(23-16(15)20)27-12(4)17(24)22-14-8-6-13(7-9-14)11(2)3/h6-12H,5H2,1-4H3,(H,22,24)(H2,20,21,23). The van der Waals surface area contributed by atoms with Gasteiger partial charge in [0.15, 0.2) is 5.16 Å². The summed E-state index contributed by atoms with van der Waals surface area (Å²) in [5.41, 5.74) is 7.86. The molecule has 1 heterocycles. The lowest BCUT2D eigenvalue weighted by Gasteiger charge is -2.13. The fourth-order valence-corrected chi connectivity index (χ4v) is 2.95. The first kappa shape index (κ1) is 20.7. The molecular weight excluding hydrogens is 364 g/mol. The van der Waals surface area contributed by atoms with Crippen LogP contribution in [0.5, 0.6) is 0 Å². The molecule has 0 saturated carbocycles. The molecule has 0 aliphatic rings. The van der Waals surface area contributed by atoms with Crippen molar-refractivity contribution in [3.63, 3.8) is 0 Å². The number of carbonyl (C=O) groups is 2. The molecule has 0 spiro atoms. The van der Waals surface area contributed by atoms with Crippen LogP contribution < -0.4 is 11.1 Å². The Morgan fingerprint density at radius 1 is 1.22 bits per heavy atom. The number of ether oxygens (including phenoxy) is 1. The number of hydrogen-bond donors (Lipinski definition) is 2. The van der Waals surface area contributed by atoms with E-state index in [0.29, 0.717) is 11.1 Å². The summed E-state index contributed by atoms with van der Waals surface area (Å²) in [5, 5.41) is 2.74. The summed E-state index contributed by atoms with van der Waals surface area (Å²) in [5.74, 6) is -0.275. The minimum atomic E-state index is -0.567. The van der Waals surface area contributed by atoms with Crippen molar-refractivity contribution in [1.82, 2.24) is 9.97 Å². The smallest absolute Gasteiger partial charge is 0.343 e. The third-order valence-corrected chi connectivity index (χ3v) is 4.76. The van der Waals surface area contributed by atoms with Gasteiger partial charge in [0, 0.05) is 11.9 Å². The van der Waals surface area contributed by atoms with Crippen molar-refractivity contribution in [1.29, 1.82) is 0 Å². The largest absolute Gasteiger partial charge is 0.462 e. The Balaban J connectivity index is 1.99. The third-order valence-electron chi connectivity index (χ3n) is 3.79. The molecule has 0 radical (unpaired) electrons. The van der Waals surface area contributed by atoms with Crippen molar-refractivity contribution in [3.05, 3.63) is 41.6 Å². The Labute approximate surface area is 163 Å². The molecule has 1 aromatic carbocycles. The van der Waals surface area contributed by atoms with Crippen LogP contribution in [0.1, 0.15) is 49.5 Å². The molecule has 27 heavy (non-hydrogen) atoms. The van der Waals surface area contributed by atoms with Gasteiger partial charge in [0.1, 0.15) is 11.4 Å². The van der Waals surface area contributed by atoms with E-state index < -0.39 is 11.2 Å². The van der Waals surface area contributed by atoms with Crippen LogP contribution in [0.2, 0.25) is 0 Å². The zero-order valence-corrected chi connectivity index (χ0v) is 16.7. The number of nitrogens with zero attached hydrogens (tertiary/aromatic N) is 2. The van der Waals surface area contributed by atoms with Gasteiger partial charge in [-0.05, 0) is 37.5 Å². The molecule has 2 aromatic rings. The number of aromatic nitrogens is 2. The van der Waals surface area contributed by atoms with Crippen LogP contribution in [0.15, 0.2) is 35.6 Å². The molecule has 8 heteroatoms. The second-order valence-corrected chi connectivity index (χ2v) is 7.51. The fraction of sp³-hybridized carbons (Fsp3) is 0.368. The summed E-state index contributed by atoms with van der Waals surface area (Å²) < 4.78 is 4.89. The zero-order valence-electron chi connectivity index (χ0n) is 15.9. The van der Waals surface area contributed by atoms with Gasteiger partial charge in [-0.1, -0.05) is 37.7 Å². The Morgan fingerprint density at radius 3 is 2.44 bits per heavy atom. The molecule has 0 aliphatic carbocycles. The van der Waals surface area contributed by atoms with E-state index in [1.54, 1.807) is 13.8 Å². The van der Waals surface area contributed by atoms with E-state index in [1.165, 1.54) is 11.8 Å². The molecule has 144 valence electrons. The average Bonchev–Trinajstić information content (AvgIpc) is 2.62. The van der Waals surface area contributed by atoms with Crippen molar-refractivity contribution in [2.24, 2.45) is 0 Å². The maximum atomic E-state index is 12.4. The number of nitrogens with one attached hydrogen (secondary N) is 1. The molecule has 1 unspecified atom stereocenters. The number of rotatable bonds is 7. The highest BCUT2D eigenvalue weighted by atomic mass is 32.2. The fourth-order valence-electron chi connectivity index (χ4n) is 2.21. The summed E-state index contributed by atoms with van der Waals surface area (Å²) in [4.78, 5) is 32.3. The highest BCUT2D eigenvalue weighted by Crippen LogP contribution is 2.23. The molecule has 1 aromatic heterocycles. The number of carbonyl (C=O) groups excluding carboxylic acids is 2. The van der Waals surface area contributed by atoms with Crippen LogP contribution in [-0.2, 0) is 9.53 Å². The summed E-state index contributed by atoms with van der Waals surface area (Å²) in [6.45, 7) is 7.93. The van der Waals surface area contributed by atoms with E-state index in [0.717, 1.165) is 17.4 Å². The predicted octanol–water partition coefficient (Wildman–Crippen LogP) is 3.48. The molecule has 2 rings (SSSR count). The summed E-state index contributed by atoms with van der Waals surface area (Å²) in [6.07, 6.45) is 1.32. The molecule has 3 N–H and O–H groups in total. The van der Waals surface area contributed by atoms with Gasteiger partial charge in [0.05, 0.1) is 11.9 Å². The first-order valence-corrected chi connectivity index (χ1v) is 9.56. The molecule has 0 fully saturated rings. The number of anilines is 2. The molecular formula is C19H24N4O3S. The highest BCUT2D eigenvalue weighted by molar-refractivity contribution is 8.00. The van der Waals surface area contributed by atoms with Crippen LogP contribution in [0, 0.1) is 0 Å². The number of benzene rings is 1. The Hall–Kier alpha value is -2.61. The maximum absolute atomic E-state index is 12.4. The summed E-state index contributed by atoms with van der Waals surface area (Å²) in [6, 6.07) is 7.76. The lowest BCUT2D eigenvalue weighted by atomic mass is 10.0. The molecule has 1 atom stereocenters. The van der Waals surface area contributed by atoms with Gasteiger partial charge in [0.2, 0.25) is 5.91 Å². The highest BCUT2D eigenvalue weighted by Gasteiger charge is 2.19. The minimum Gasteiger partial charge on any atom is -0.462 e. The first-order valence-electron chi connectivity index (χ1n) is 8.69. The monoisotopic (exact) mass is 388 g/mol. The van der Waals surface area contributed by atoms with E-state index in [1.807, 2.05) is 24.3 Å². The number of hydrogen-bond acceptors (Lipinski definition) is 7. The van der Waals surface area contributed by atoms with Crippen LogP contribution in [-0.4, -0.2) is 33.7 Å². The average molecular weight is 388 g/mol. The van der Waals surface area contributed by atoms with Gasteiger partial charge < -0.3 is 15.8 Å². The number of amides is 1. The van der Waals surface area contributed by atoms with Gasteiger partial charge >= 0.3 is 5.97 Å². The van der Waals surface area contributed by atoms with Gasteiger partial charge in [-0.2, -0.15) is 0 Å². The van der Waals surface area contributed by atoms with Crippen LogP contribution in [0.3, 0.4) is 0 Å². The number of thioether (sulfide) groups is 1. The zero-order chi connectivity index (χ0) is 20.0. The number of nitrogens with two attached hydrogens (primary N) is 1.